The molecule has 5 rings (SSSR count). The fourth-order valence-corrected chi connectivity index (χ4v) is 5.35. The van der Waals surface area contributed by atoms with E-state index < -0.39 is 17.7 Å². The van der Waals surface area contributed by atoms with Gasteiger partial charge in [0.05, 0.1) is 48.8 Å². The van der Waals surface area contributed by atoms with Crippen LogP contribution in [0, 0.1) is 0 Å². The van der Waals surface area contributed by atoms with Gasteiger partial charge in [-0.3, -0.25) is 19.5 Å². The number of aromatic amines is 1. The van der Waals surface area contributed by atoms with Crippen molar-refractivity contribution in [1.29, 1.82) is 0 Å². The minimum absolute atomic E-state index is 0.0616. The molecule has 1 aromatic carbocycles. The van der Waals surface area contributed by atoms with Crippen molar-refractivity contribution in [3.8, 4) is 0 Å². The molecule has 3 amide bonds. The summed E-state index contributed by atoms with van der Waals surface area (Å²) in [5, 5.41) is 5.34. The molecule has 3 aromatic rings. The van der Waals surface area contributed by atoms with Gasteiger partial charge in [0, 0.05) is 54.7 Å². The third kappa shape index (κ3) is 5.27. The number of methoxy groups -OCH3 is 1. The fraction of sp³-hybridized carbons (Fsp3) is 0.462. The summed E-state index contributed by atoms with van der Waals surface area (Å²) < 4.78 is 10.8. The summed E-state index contributed by atoms with van der Waals surface area (Å²) in [6.45, 7) is 6.11. The molecule has 0 bridgehead atoms. The smallest absolute Gasteiger partial charge is 0.409 e. The summed E-state index contributed by atoms with van der Waals surface area (Å²) in [5.41, 5.74) is 1.61. The summed E-state index contributed by atoms with van der Waals surface area (Å²) in [5.74, 6) is -0.387. The zero-order valence-corrected chi connectivity index (χ0v) is 22.4. The molecular weight excluding hydrogens is 512 g/mol. The third-order valence-corrected chi connectivity index (χ3v) is 7.31. The highest BCUT2D eigenvalue weighted by Crippen LogP contribution is 2.33. The monoisotopic (exact) mass is 542 g/mol. The van der Waals surface area contributed by atoms with Crippen molar-refractivity contribution in [1.82, 2.24) is 24.7 Å². The van der Waals surface area contributed by atoms with Crippen molar-refractivity contribution >= 4 is 57.0 Å². The van der Waals surface area contributed by atoms with Crippen LogP contribution in [0.25, 0.3) is 21.8 Å². The molecule has 2 aliphatic rings. The number of morpholine rings is 1. The number of amides is 3. The lowest BCUT2D eigenvalue weighted by atomic mass is 10.0. The second kappa shape index (κ2) is 10.4. The van der Waals surface area contributed by atoms with Crippen LogP contribution < -0.4 is 5.32 Å². The predicted molar refractivity (Wildman–Crippen MR) is 143 cm³/mol. The number of ether oxygens (including phenoxy) is 2. The van der Waals surface area contributed by atoms with Crippen molar-refractivity contribution in [2.45, 2.75) is 25.5 Å². The molecule has 0 unspecified atom stereocenters. The first-order valence-corrected chi connectivity index (χ1v) is 12.9. The number of rotatable bonds is 4. The van der Waals surface area contributed by atoms with E-state index in [0.717, 1.165) is 21.8 Å². The molecule has 2 aromatic heterocycles. The van der Waals surface area contributed by atoms with Gasteiger partial charge in [-0.2, -0.15) is 0 Å². The molecule has 202 valence electrons. The maximum atomic E-state index is 13.6. The summed E-state index contributed by atoms with van der Waals surface area (Å²) in [6.07, 6.45) is 3.04. The average molecular weight is 543 g/mol. The Balaban J connectivity index is 1.33. The van der Waals surface area contributed by atoms with Gasteiger partial charge in [0.25, 0.3) is 0 Å². The van der Waals surface area contributed by atoms with Gasteiger partial charge in [0.1, 0.15) is 6.04 Å². The summed E-state index contributed by atoms with van der Waals surface area (Å²) in [6, 6.07) is 4.77. The van der Waals surface area contributed by atoms with Gasteiger partial charge in [-0.1, -0.05) is 11.6 Å². The van der Waals surface area contributed by atoms with Crippen LogP contribution in [0.15, 0.2) is 30.6 Å². The van der Waals surface area contributed by atoms with Gasteiger partial charge in [-0.05, 0) is 32.0 Å². The number of benzene rings is 1. The van der Waals surface area contributed by atoms with E-state index in [-0.39, 0.29) is 25.0 Å². The lowest BCUT2D eigenvalue weighted by molar-refractivity contribution is -0.151. The van der Waals surface area contributed by atoms with Crippen molar-refractivity contribution < 1.29 is 23.9 Å². The van der Waals surface area contributed by atoms with Gasteiger partial charge in [-0.25, -0.2) is 4.79 Å². The number of pyridine rings is 1. The molecule has 38 heavy (non-hydrogen) atoms. The SMILES string of the molecule is COC(=O)N1CCN(C(=O)CN2CC(C)(C)OC[C@H]2C(=O)Nc2cc(Cl)cc3c2[nH]c2cnccc23)CC1. The first kappa shape index (κ1) is 26.2. The highest BCUT2D eigenvalue weighted by Gasteiger charge is 2.39. The third-order valence-electron chi connectivity index (χ3n) is 7.09. The van der Waals surface area contributed by atoms with E-state index in [4.69, 9.17) is 21.1 Å². The number of aromatic nitrogens is 2. The van der Waals surface area contributed by atoms with Crippen LogP contribution in [-0.2, 0) is 19.1 Å². The minimum Gasteiger partial charge on any atom is -0.453 e. The van der Waals surface area contributed by atoms with E-state index in [1.807, 2.05) is 30.9 Å². The molecule has 2 saturated heterocycles. The van der Waals surface area contributed by atoms with E-state index >= 15 is 0 Å². The van der Waals surface area contributed by atoms with E-state index in [9.17, 15) is 14.4 Å². The molecule has 2 fully saturated rings. The lowest BCUT2D eigenvalue weighted by Gasteiger charge is -2.43. The second-order valence-corrected chi connectivity index (χ2v) is 10.7. The number of carbonyl (C=O) groups is 3. The van der Waals surface area contributed by atoms with Crippen LogP contribution in [0.1, 0.15) is 13.8 Å². The van der Waals surface area contributed by atoms with Crippen LogP contribution >= 0.6 is 11.6 Å². The van der Waals surface area contributed by atoms with Crippen molar-refractivity contribution in [2.75, 3.05) is 58.3 Å². The van der Waals surface area contributed by atoms with E-state index in [1.54, 1.807) is 28.3 Å². The highest BCUT2D eigenvalue weighted by atomic mass is 35.5. The largest absolute Gasteiger partial charge is 0.453 e. The zero-order chi connectivity index (χ0) is 27.0. The Morgan fingerprint density at radius 1 is 1.18 bits per heavy atom. The maximum Gasteiger partial charge on any atom is 0.409 e. The normalized spacial score (nSPS) is 20.1. The van der Waals surface area contributed by atoms with Gasteiger partial charge in [0.15, 0.2) is 0 Å². The predicted octanol–water partition coefficient (Wildman–Crippen LogP) is 2.70. The Morgan fingerprint density at radius 3 is 2.66 bits per heavy atom. The van der Waals surface area contributed by atoms with Crippen molar-refractivity contribution in [3.63, 3.8) is 0 Å². The number of H-pyrrole nitrogens is 1. The number of fused-ring (bicyclic) bond motifs is 3. The van der Waals surface area contributed by atoms with Gasteiger partial charge in [-0.15, -0.1) is 0 Å². The molecule has 0 spiro atoms. The first-order chi connectivity index (χ1) is 18.1. The molecule has 4 heterocycles. The molecule has 2 aliphatic heterocycles. The Hall–Kier alpha value is -3.41. The standard InChI is InChI=1S/C26H31ClN6O5/c1-26(2)15-33(13-22(34)31-6-8-32(9-7-31)25(36)37-3)21(14-38-26)24(35)30-19-11-16(27)10-18-17-4-5-28-12-20(17)29-23(18)19/h4-5,10-12,21,29H,6-9,13-15H2,1-3H3,(H,30,35)/t21-/m0/s1. The van der Waals surface area contributed by atoms with Gasteiger partial charge < -0.3 is 29.6 Å². The molecule has 0 saturated carbocycles. The summed E-state index contributed by atoms with van der Waals surface area (Å²) >= 11 is 6.41. The maximum absolute atomic E-state index is 13.6. The van der Waals surface area contributed by atoms with Gasteiger partial charge >= 0.3 is 6.09 Å². The number of piperazine rings is 1. The Bertz CT molecular complexity index is 1380. The number of hydrogen-bond acceptors (Lipinski definition) is 7. The number of hydrogen-bond donors (Lipinski definition) is 2. The van der Waals surface area contributed by atoms with Crippen LogP contribution in [0.2, 0.25) is 5.02 Å². The molecular formula is C26H31ClN6O5. The van der Waals surface area contributed by atoms with E-state index in [2.05, 4.69) is 15.3 Å². The quantitative estimate of drug-likeness (QED) is 0.520. The Kier molecular flexibility index (Phi) is 7.17. The van der Waals surface area contributed by atoms with Crippen LogP contribution in [0.5, 0.6) is 0 Å². The minimum atomic E-state index is -0.677. The Morgan fingerprint density at radius 2 is 1.92 bits per heavy atom. The molecule has 12 heteroatoms. The number of nitrogens with one attached hydrogen (secondary N) is 2. The molecule has 0 radical (unpaired) electrons. The second-order valence-electron chi connectivity index (χ2n) is 10.2. The summed E-state index contributed by atoms with van der Waals surface area (Å²) in [7, 11) is 1.34. The van der Waals surface area contributed by atoms with E-state index in [1.165, 1.54) is 7.11 Å². The topological polar surface area (TPSA) is 120 Å². The van der Waals surface area contributed by atoms with Crippen LogP contribution in [0.3, 0.4) is 0 Å². The average Bonchev–Trinajstić information content (AvgIpc) is 3.26. The number of carbonyl (C=O) groups excluding carboxylic acids is 3. The number of halogens is 1. The van der Waals surface area contributed by atoms with Gasteiger partial charge in [0.2, 0.25) is 11.8 Å². The molecule has 11 nitrogen and oxygen atoms in total. The number of anilines is 1. The van der Waals surface area contributed by atoms with Crippen molar-refractivity contribution in [3.05, 3.63) is 35.6 Å². The molecule has 0 aliphatic carbocycles. The fourth-order valence-electron chi connectivity index (χ4n) is 5.14. The summed E-state index contributed by atoms with van der Waals surface area (Å²) in [4.78, 5) is 51.2. The number of nitrogens with zero attached hydrogens (tertiary/aromatic N) is 4. The lowest BCUT2D eigenvalue weighted by Crippen LogP contribution is -2.61. The van der Waals surface area contributed by atoms with Crippen molar-refractivity contribution in [2.24, 2.45) is 0 Å². The van der Waals surface area contributed by atoms with Crippen LogP contribution in [-0.4, -0.2) is 107 Å². The van der Waals surface area contributed by atoms with Crippen LogP contribution in [0.4, 0.5) is 10.5 Å². The first-order valence-electron chi connectivity index (χ1n) is 12.5. The van der Waals surface area contributed by atoms with E-state index in [0.29, 0.717) is 43.4 Å². The molecule has 2 N–H and O–H groups in total. The Labute approximate surface area is 225 Å². The molecule has 1 atom stereocenters. The zero-order valence-electron chi connectivity index (χ0n) is 21.6. The highest BCUT2D eigenvalue weighted by molar-refractivity contribution is 6.33.